The average Bonchev–Trinajstić information content (AvgIpc) is 3.07. The Morgan fingerprint density at radius 1 is 1.22 bits per heavy atom. The summed E-state index contributed by atoms with van der Waals surface area (Å²) in [6.45, 7) is 7.01. The minimum atomic E-state index is 0. The lowest BCUT2D eigenvalue weighted by Crippen LogP contribution is -2.45. The Labute approximate surface area is 157 Å². The third-order valence-electron chi connectivity index (χ3n) is 4.62. The van der Waals surface area contributed by atoms with Gasteiger partial charge in [0.1, 0.15) is 0 Å². The van der Waals surface area contributed by atoms with Gasteiger partial charge in [0, 0.05) is 40.4 Å². The SMILES string of the molecule is CN=C(NCC1CCN(CCOC)CC1)NCC1CCCO1.I. The predicted octanol–water partition coefficient (Wildman–Crippen LogP) is 1.31. The van der Waals surface area contributed by atoms with Crippen LogP contribution >= 0.6 is 24.0 Å². The molecule has 0 aliphatic carbocycles. The van der Waals surface area contributed by atoms with Gasteiger partial charge in [-0.25, -0.2) is 0 Å². The van der Waals surface area contributed by atoms with Crippen LogP contribution < -0.4 is 10.6 Å². The smallest absolute Gasteiger partial charge is 0.191 e. The lowest BCUT2D eigenvalue weighted by atomic mass is 9.97. The normalized spacial score (nSPS) is 23.6. The molecule has 0 aromatic carbocycles. The number of halogens is 1. The number of likely N-dealkylation sites (tertiary alicyclic amines) is 1. The first kappa shape index (κ1) is 20.9. The summed E-state index contributed by atoms with van der Waals surface area (Å²) in [4.78, 5) is 6.79. The number of hydrogen-bond acceptors (Lipinski definition) is 4. The van der Waals surface area contributed by atoms with E-state index in [1.165, 1.54) is 32.4 Å². The highest BCUT2D eigenvalue weighted by Crippen LogP contribution is 2.16. The van der Waals surface area contributed by atoms with Crippen LogP contribution in [0.5, 0.6) is 0 Å². The third kappa shape index (κ3) is 8.00. The Hall–Kier alpha value is -0.120. The number of rotatable bonds is 7. The van der Waals surface area contributed by atoms with Crippen LogP contribution in [0.4, 0.5) is 0 Å². The van der Waals surface area contributed by atoms with Gasteiger partial charge in [-0.05, 0) is 44.7 Å². The molecule has 0 aromatic rings. The fourth-order valence-corrected chi connectivity index (χ4v) is 3.11. The van der Waals surface area contributed by atoms with Gasteiger partial charge >= 0.3 is 0 Å². The summed E-state index contributed by atoms with van der Waals surface area (Å²) in [5, 5.41) is 6.84. The molecule has 2 saturated heterocycles. The summed E-state index contributed by atoms with van der Waals surface area (Å²) in [5.41, 5.74) is 0. The number of ether oxygens (including phenoxy) is 2. The lowest BCUT2D eigenvalue weighted by molar-refractivity contribution is 0.113. The van der Waals surface area contributed by atoms with E-state index in [4.69, 9.17) is 9.47 Å². The zero-order chi connectivity index (χ0) is 15.6. The molecule has 2 aliphatic heterocycles. The highest BCUT2D eigenvalue weighted by atomic mass is 127. The highest BCUT2D eigenvalue weighted by molar-refractivity contribution is 14.0. The van der Waals surface area contributed by atoms with Gasteiger partial charge in [-0.1, -0.05) is 0 Å². The van der Waals surface area contributed by atoms with E-state index in [-0.39, 0.29) is 24.0 Å². The van der Waals surface area contributed by atoms with Crippen molar-refractivity contribution in [1.29, 1.82) is 0 Å². The fourth-order valence-electron chi connectivity index (χ4n) is 3.11. The Balaban J connectivity index is 0.00000264. The lowest BCUT2D eigenvalue weighted by Gasteiger charge is -2.32. The molecule has 1 atom stereocenters. The van der Waals surface area contributed by atoms with Gasteiger partial charge in [-0.2, -0.15) is 0 Å². The number of nitrogens with one attached hydrogen (secondary N) is 2. The van der Waals surface area contributed by atoms with Crippen LogP contribution in [0.25, 0.3) is 0 Å². The van der Waals surface area contributed by atoms with E-state index in [9.17, 15) is 0 Å². The quantitative estimate of drug-likeness (QED) is 0.355. The molecule has 0 saturated carbocycles. The predicted molar refractivity (Wildman–Crippen MR) is 105 cm³/mol. The minimum Gasteiger partial charge on any atom is -0.383 e. The van der Waals surface area contributed by atoms with Gasteiger partial charge in [0.15, 0.2) is 5.96 Å². The molecular formula is C16H33IN4O2. The summed E-state index contributed by atoms with van der Waals surface area (Å²) >= 11 is 0. The van der Waals surface area contributed by atoms with Gasteiger partial charge in [0.25, 0.3) is 0 Å². The molecule has 2 fully saturated rings. The number of nitrogens with zero attached hydrogens (tertiary/aromatic N) is 2. The van der Waals surface area contributed by atoms with Crippen molar-refractivity contribution in [3.05, 3.63) is 0 Å². The van der Waals surface area contributed by atoms with Gasteiger partial charge in [0.2, 0.25) is 0 Å². The topological polar surface area (TPSA) is 58.1 Å². The van der Waals surface area contributed by atoms with Gasteiger partial charge in [-0.3, -0.25) is 4.99 Å². The van der Waals surface area contributed by atoms with E-state index < -0.39 is 0 Å². The molecule has 2 rings (SSSR count). The molecule has 0 bridgehead atoms. The molecule has 2 heterocycles. The molecule has 2 N–H and O–H groups in total. The minimum absolute atomic E-state index is 0. The summed E-state index contributed by atoms with van der Waals surface area (Å²) in [6, 6.07) is 0. The average molecular weight is 440 g/mol. The molecule has 0 spiro atoms. The maximum absolute atomic E-state index is 5.63. The van der Waals surface area contributed by atoms with E-state index in [1.807, 2.05) is 7.05 Å². The van der Waals surface area contributed by atoms with Crippen molar-refractivity contribution < 1.29 is 9.47 Å². The monoisotopic (exact) mass is 440 g/mol. The number of guanidine groups is 1. The van der Waals surface area contributed by atoms with E-state index in [0.29, 0.717) is 6.10 Å². The zero-order valence-corrected chi connectivity index (χ0v) is 16.9. The van der Waals surface area contributed by atoms with Crippen molar-refractivity contribution in [2.45, 2.75) is 31.8 Å². The Morgan fingerprint density at radius 3 is 2.57 bits per heavy atom. The molecule has 7 heteroatoms. The van der Waals surface area contributed by atoms with Gasteiger partial charge in [-0.15, -0.1) is 24.0 Å². The van der Waals surface area contributed by atoms with Crippen LogP contribution in [0, 0.1) is 5.92 Å². The molecule has 2 aliphatic rings. The van der Waals surface area contributed by atoms with Crippen LogP contribution in [0.15, 0.2) is 4.99 Å². The van der Waals surface area contributed by atoms with Crippen molar-refractivity contribution >= 4 is 29.9 Å². The maximum atomic E-state index is 5.63. The number of aliphatic imine (C=N–C) groups is 1. The van der Waals surface area contributed by atoms with E-state index in [2.05, 4.69) is 20.5 Å². The molecule has 0 radical (unpaired) electrons. The Bertz CT molecular complexity index is 330. The molecule has 1 unspecified atom stereocenters. The van der Waals surface area contributed by atoms with Crippen LogP contribution in [-0.2, 0) is 9.47 Å². The third-order valence-corrected chi connectivity index (χ3v) is 4.62. The second-order valence-corrected chi connectivity index (χ2v) is 6.25. The molecule has 6 nitrogen and oxygen atoms in total. The van der Waals surface area contributed by atoms with E-state index in [1.54, 1.807) is 7.11 Å². The van der Waals surface area contributed by atoms with Crippen molar-refractivity contribution in [2.24, 2.45) is 10.9 Å². The number of piperidine rings is 1. The first-order valence-corrected chi connectivity index (χ1v) is 8.59. The zero-order valence-electron chi connectivity index (χ0n) is 14.6. The largest absolute Gasteiger partial charge is 0.383 e. The van der Waals surface area contributed by atoms with Gasteiger partial charge in [0.05, 0.1) is 12.7 Å². The first-order valence-electron chi connectivity index (χ1n) is 8.59. The molecule has 136 valence electrons. The van der Waals surface area contributed by atoms with Crippen LogP contribution in [0.1, 0.15) is 25.7 Å². The van der Waals surface area contributed by atoms with E-state index >= 15 is 0 Å². The number of hydrogen-bond donors (Lipinski definition) is 2. The molecule has 0 aromatic heterocycles. The summed E-state index contributed by atoms with van der Waals surface area (Å²) in [6.07, 6.45) is 5.19. The number of methoxy groups -OCH3 is 1. The molecule has 23 heavy (non-hydrogen) atoms. The summed E-state index contributed by atoms with van der Waals surface area (Å²) < 4.78 is 10.8. The standard InChI is InChI=1S/C16H32N4O2.HI/c1-17-16(19-13-15-4-3-10-22-15)18-12-14-5-7-20(8-6-14)9-11-21-2;/h14-15H,3-13H2,1-2H3,(H2,17,18,19);1H. The van der Waals surface area contributed by atoms with E-state index in [0.717, 1.165) is 51.1 Å². The van der Waals surface area contributed by atoms with Crippen LogP contribution in [-0.4, -0.2) is 77.1 Å². The Kier molecular flexibility index (Phi) is 11.2. The van der Waals surface area contributed by atoms with Crippen molar-refractivity contribution in [1.82, 2.24) is 15.5 Å². The highest BCUT2D eigenvalue weighted by Gasteiger charge is 2.19. The molecular weight excluding hydrogens is 407 g/mol. The van der Waals surface area contributed by atoms with Crippen molar-refractivity contribution in [3.8, 4) is 0 Å². The maximum Gasteiger partial charge on any atom is 0.191 e. The second kappa shape index (κ2) is 12.3. The second-order valence-electron chi connectivity index (χ2n) is 6.25. The van der Waals surface area contributed by atoms with Gasteiger partial charge < -0.3 is 25.0 Å². The molecule has 0 amide bonds. The van der Waals surface area contributed by atoms with Crippen molar-refractivity contribution in [2.75, 3.05) is 60.1 Å². The van der Waals surface area contributed by atoms with Crippen LogP contribution in [0.2, 0.25) is 0 Å². The fraction of sp³-hybridized carbons (Fsp3) is 0.938. The summed E-state index contributed by atoms with van der Waals surface area (Å²) in [5.74, 6) is 1.64. The summed E-state index contributed by atoms with van der Waals surface area (Å²) in [7, 11) is 3.60. The van der Waals surface area contributed by atoms with Crippen LogP contribution in [0.3, 0.4) is 0 Å². The van der Waals surface area contributed by atoms with Crippen molar-refractivity contribution in [3.63, 3.8) is 0 Å². The first-order chi connectivity index (χ1) is 10.8. The Morgan fingerprint density at radius 2 is 1.96 bits per heavy atom.